The van der Waals surface area contributed by atoms with Crippen molar-refractivity contribution in [3.05, 3.63) is 62.5 Å². The van der Waals surface area contributed by atoms with Crippen LogP contribution in [-0.4, -0.2) is 49.3 Å². The van der Waals surface area contributed by atoms with Crippen molar-refractivity contribution < 1.29 is 23.9 Å². The summed E-state index contributed by atoms with van der Waals surface area (Å²) in [5.74, 6) is -0.135. The number of halogens is 2. The maximum atomic E-state index is 12.6. The standard InChI is InChI=1S/C21H18Cl2N2O5S/c1-29-16-5-3-4-14(18(16)30-2)19(26)24-8-9-25-20(27)17(31-21(25)28)10-12-6-7-13(22)11-15(12)23/h3-7,10-11H,8-9H2,1-2H3,(H,24,26)/b17-10-. The number of thioether (sulfide) groups is 1. The average molecular weight is 481 g/mol. The number of carbonyl (C=O) groups excluding carboxylic acids is 3. The molecule has 1 N–H and O–H groups in total. The number of methoxy groups -OCH3 is 2. The van der Waals surface area contributed by atoms with Crippen LogP contribution in [0.3, 0.4) is 0 Å². The summed E-state index contributed by atoms with van der Waals surface area (Å²) in [6.45, 7) is 0.0978. The molecule has 1 fully saturated rings. The molecule has 0 bridgehead atoms. The molecule has 2 aromatic carbocycles. The molecule has 7 nitrogen and oxygen atoms in total. The number of nitrogens with zero attached hydrogens (tertiary/aromatic N) is 1. The van der Waals surface area contributed by atoms with Gasteiger partial charge in [0, 0.05) is 23.1 Å². The zero-order valence-corrected chi connectivity index (χ0v) is 18.9. The Hall–Kier alpha value is -2.68. The van der Waals surface area contributed by atoms with Gasteiger partial charge in [-0.3, -0.25) is 19.3 Å². The predicted molar refractivity (Wildman–Crippen MR) is 121 cm³/mol. The molecule has 0 atom stereocenters. The lowest BCUT2D eigenvalue weighted by Gasteiger charge is -2.15. The van der Waals surface area contributed by atoms with Crippen LogP contribution in [0.15, 0.2) is 41.3 Å². The first-order valence-electron chi connectivity index (χ1n) is 9.05. The Bertz CT molecular complexity index is 1070. The van der Waals surface area contributed by atoms with Gasteiger partial charge in [0.15, 0.2) is 11.5 Å². The van der Waals surface area contributed by atoms with Gasteiger partial charge in [0.2, 0.25) is 0 Å². The van der Waals surface area contributed by atoms with Gasteiger partial charge in [-0.2, -0.15) is 0 Å². The van der Waals surface area contributed by atoms with Crippen LogP contribution in [0.5, 0.6) is 11.5 Å². The van der Waals surface area contributed by atoms with Crippen molar-refractivity contribution in [1.82, 2.24) is 10.2 Å². The molecule has 31 heavy (non-hydrogen) atoms. The van der Waals surface area contributed by atoms with Crippen molar-refractivity contribution in [3.63, 3.8) is 0 Å². The first-order chi connectivity index (χ1) is 14.8. The molecule has 0 aromatic heterocycles. The van der Waals surface area contributed by atoms with Gasteiger partial charge in [0.25, 0.3) is 17.1 Å². The van der Waals surface area contributed by atoms with E-state index in [0.29, 0.717) is 27.1 Å². The highest BCUT2D eigenvalue weighted by Crippen LogP contribution is 2.34. The molecule has 3 rings (SSSR count). The van der Waals surface area contributed by atoms with E-state index in [1.54, 1.807) is 42.5 Å². The average Bonchev–Trinajstić information content (AvgIpc) is 3.02. The van der Waals surface area contributed by atoms with E-state index in [4.69, 9.17) is 32.7 Å². The molecule has 0 aliphatic carbocycles. The van der Waals surface area contributed by atoms with E-state index in [1.807, 2.05) is 0 Å². The third-order valence-corrected chi connectivity index (χ3v) is 5.86. The molecule has 0 unspecified atom stereocenters. The minimum absolute atomic E-state index is 0.0222. The predicted octanol–water partition coefficient (Wildman–Crippen LogP) is 4.48. The van der Waals surface area contributed by atoms with E-state index in [0.717, 1.165) is 16.7 Å². The molecule has 1 heterocycles. The van der Waals surface area contributed by atoms with Gasteiger partial charge in [-0.25, -0.2) is 0 Å². The van der Waals surface area contributed by atoms with Crippen LogP contribution in [0.25, 0.3) is 6.08 Å². The molecule has 0 saturated carbocycles. The molecule has 0 radical (unpaired) electrons. The van der Waals surface area contributed by atoms with Gasteiger partial charge in [-0.1, -0.05) is 35.3 Å². The molecule has 0 spiro atoms. The van der Waals surface area contributed by atoms with Crippen molar-refractivity contribution in [2.75, 3.05) is 27.3 Å². The first-order valence-corrected chi connectivity index (χ1v) is 10.6. The Kier molecular flexibility index (Phi) is 7.48. The lowest BCUT2D eigenvalue weighted by atomic mass is 10.1. The number of benzene rings is 2. The molecule has 1 saturated heterocycles. The fraction of sp³-hybridized carbons (Fsp3) is 0.190. The smallest absolute Gasteiger partial charge is 0.293 e. The van der Waals surface area contributed by atoms with Gasteiger partial charge in [0.05, 0.1) is 24.7 Å². The number of amides is 3. The Morgan fingerprint density at radius 1 is 1.16 bits per heavy atom. The van der Waals surface area contributed by atoms with Crippen LogP contribution in [0.2, 0.25) is 10.0 Å². The highest BCUT2D eigenvalue weighted by molar-refractivity contribution is 8.18. The Morgan fingerprint density at radius 3 is 2.61 bits per heavy atom. The second-order valence-electron chi connectivity index (χ2n) is 6.30. The summed E-state index contributed by atoms with van der Waals surface area (Å²) in [6.07, 6.45) is 1.54. The zero-order valence-electron chi connectivity index (χ0n) is 16.6. The van der Waals surface area contributed by atoms with Gasteiger partial charge < -0.3 is 14.8 Å². The number of ether oxygens (including phenoxy) is 2. The number of rotatable bonds is 7. The van der Waals surface area contributed by atoms with E-state index in [1.165, 1.54) is 14.2 Å². The summed E-state index contributed by atoms with van der Waals surface area (Å²) in [5.41, 5.74) is 0.864. The van der Waals surface area contributed by atoms with Crippen molar-refractivity contribution in [2.24, 2.45) is 0 Å². The lowest BCUT2D eigenvalue weighted by molar-refractivity contribution is -0.122. The van der Waals surface area contributed by atoms with Gasteiger partial charge in [-0.15, -0.1) is 0 Å². The zero-order chi connectivity index (χ0) is 22.5. The fourth-order valence-corrected chi connectivity index (χ4v) is 4.21. The fourth-order valence-electron chi connectivity index (χ4n) is 2.89. The third-order valence-electron chi connectivity index (χ3n) is 4.39. The summed E-state index contributed by atoms with van der Waals surface area (Å²) in [7, 11) is 2.92. The number of carbonyl (C=O) groups is 3. The second-order valence-corrected chi connectivity index (χ2v) is 8.13. The van der Waals surface area contributed by atoms with Crippen LogP contribution in [0.4, 0.5) is 4.79 Å². The van der Waals surface area contributed by atoms with E-state index in [9.17, 15) is 14.4 Å². The minimum Gasteiger partial charge on any atom is -0.493 e. The summed E-state index contributed by atoms with van der Waals surface area (Å²) in [6, 6.07) is 9.80. The van der Waals surface area contributed by atoms with Crippen LogP contribution in [0.1, 0.15) is 15.9 Å². The van der Waals surface area contributed by atoms with Crippen molar-refractivity contribution >= 4 is 58.1 Å². The van der Waals surface area contributed by atoms with Gasteiger partial charge in [-0.05, 0) is 47.7 Å². The molecular weight excluding hydrogens is 463 g/mol. The summed E-state index contributed by atoms with van der Waals surface area (Å²) in [5, 5.41) is 3.11. The largest absolute Gasteiger partial charge is 0.493 e. The number of hydrogen-bond acceptors (Lipinski definition) is 6. The molecule has 1 aliphatic rings. The molecule has 162 valence electrons. The topological polar surface area (TPSA) is 84.9 Å². The molecule has 3 amide bonds. The Labute approximate surface area is 193 Å². The van der Waals surface area contributed by atoms with Crippen LogP contribution >= 0.6 is 35.0 Å². The molecule has 1 aliphatic heterocycles. The quantitative estimate of drug-likeness (QED) is 0.588. The first kappa shape index (κ1) is 23.0. The van der Waals surface area contributed by atoms with Crippen molar-refractivity contribution in [3.8, 4) is 11.5 Å². The van der Waals surface area contributed by atoms with Crippen molar-refractivity contribution in [2.45, 2.75) is 0 Å². The maximum Gasteiger partial charge on any atom is 0.293 e. The number of hydrogen-bond donors (Lipinski definition) is 1. The van der Waals surface area contributed by atoms with Gasteiger partial charge in [0.1, 0.15) is 0 Å². The Morgan fingerprint density at radius 2 is 1.94 bits per heavy atom. The lowest BCUT2D eigenvalue weighted by Crippen LogP contribution is -2.37. The summed E-state index contributed by atoms with van der Waals surface area (Å²) >= 11 is 12.8. The minimum atomic E-state index is -0.450. The van der Waals surface area contributed by atoms with Crippen LogP contribution in [-0.2, 0) is 4.79 Å². The molecule has 2 aromatic rings. The van der Waals surface area contributed by atoms with E-state index in [2.05, 4.69) is 5.32 Å². The number of para-hydroxylation sites is 1. The summed E-state index contributed by atoms with van der Waals surface area (Å²) < 4.78 is 10.4. The normalized spacial score (nSPS) is 14.8. The second kappa shape index (κ2) is 10.1. The molecular formula is C21H18Cl2N2O5S. The van der Waals surface area contributed by atoms with Gasteiger partial charge >= 0.3 is 0 Å². The van der Waals surface area contributed by atoms with Crippen LogP contribution in [0, 0.1) is 0 Å². The number of nitrogens with one attached hydrogen (secondary N) is 1. The molecule has 10 heteroatoms. The van der Waals surface area contributed by atoms with E-state index < -0.39 is 17.1 Å². The van der Waals surface area contributed by atoms with E-state index >= 15 is 0 Å². The maximum absolute atomic E-state index is 12.6. The third kappa shape index (κ3) is 5.15. The van der Waals surface area contributed by atoms with Crippen LogP contribution < -0.4 is 14.8 Å². The monoisotopic (exact) mass is 480 g/mol. The Balaban J connectivity index is 1.65. The summed E-state index contributed by atoms with van der Waals surface area (Å²) in [4.78, 5) is 38.7. The number of imide groups is 1. The van der Waals surface area contributed by atoms with E-state index in [-0.39, 0.29) is 23.6 Å². The highest BCUT2D eigenvalue weighted by atomic mass is 35.5. The van der Waals surface area contributed by atoms with Crippen molar-refractivity contribution in [1.29, 1.82) is 0 Å². The highest BCUT2D eigenvalue weighted by Gasteiger charge is 2.34. The SMILES string of the molecule is COc1cccc(C(=O)NCCN2C(=O)S/C(=C\c3ccc(Cl)cc3Cl)C2=O)c1OC.